The number of nitrogens with one attached hydrogen (secondary N) is 2. The number of ether oxygens (including phenoxy) is 2. The number of H-pyrrole nitrogens is 2. The van der Waals surface area contributed by atoms with Gasteiger partial charge in [-0.3, -0.25) is 14.6 Å². The van der Waals surface area contributed by atoms with Crippen molar-refractivity contribution in [1.29, 1.82) is 0 Å². The van der Waals surface area contributed by atoms with Crippen molar-refractivity contribution in [3.05, 3.63) is 50.0 Å². The molecule has 7 nitrogen and oxygen atoms in total. The van der Waals surface area contributed by atoms with E-state index in [-0.39, 0.29) is 16.2 Å². The van der Waals surface area contributed by atoms with Crippen molar-refractivity contribution in [2.75, 3.05) is 26.3 Å². The summed E-state index contributed by atoms with van der Waals surface area (Å²) in [7, 11) is 0. The van der Waals surface area contributed by atoms with Gasteiger partial charge in [0.1, 0.15) is 5.75 Å². The number of aromatic amines is 2. The molecular weight excluding hydrogens is 330 g/mol. The molecule has 24 heavy (non-hydrogen) atoms. The fraction of sp³-hybridized carbons (Fsp3) is 0.312. The number of hydrogen-bond acceptors (Lipinski definition) is 5. The van der Waals surface area contributed by atoms with Crippen molar-refractivity contribution in [1.82, 2.24) is 14.9 Å². The standard InChI is InChI=1S/C16H15N3O4S/c20-13-11-8-10-7-9(15(21)19-3-5-22-6-4-19)1-2-12(10)23-14(11)18-16(24)17-13/h1-2,7H,3-6,8H2,(H2,17,18,20,24). The summed E-state index contributed by atoms with van der Waals surface area (Å²) < 4.78 is 11.2. The van der Waals surface area contributed by atoms with Crippen molar-refractivity contribution in [3.8, 4) is 11.6 Å². The molecule has 1 aromatic heterocycles. The van der Waals surface area contributed by atoms with Crippen molar-refractivity contribution < 1.29 is 14.3 Å². The number of hydrogen-bond donors (Lipinski definition) is 2. The highest BCUT2D eigenvalue weighted by atomic mass is 32.1. The molecule has 0 bridgehead atoms. The smallest absolute Gasteiger partial charge is 0.259 e. The van der Waals surface area contributed by atoms with Gasteiger partial charge in [0.25, 0.3) is 11.5 Å². The number of rotatable bonds is 1. The highest BCUT2D eigenvalue weighted by molar-refractivity contribution is 7.71. The van der Waals surface area contributed by atoms with Gasteiger partial charge in [0.05, 0.1) is 18.8 Å². The number of benzene rings is 1. The van der Waals surface area contributed by atoms with Crippen LogP contribution in [0.1, 0.15) is 21.5 Å². The van der Waals surface area contributed by atoms with Gasteiger partial charge >= 0.3 is 0 Å². The van der Waals surface area contributed by atoms with Gasteiger partial charge in [0.2, 0.25) is 5.88 Å². The van der Waals surface area contributed by atoms with Crippen LogP contribution in [0, 0.1) is 4.77 Å². The van der Waals surface area contributed by atoms with E-state index in [0.29, 0.717) is 55.5 Å². The van der Waals surface area contributed by atoms with Gasteiger partial charge in [-0.05, 0) is 30.4 Å². The minimum atomic E-state index is -0.274. The zero-order valence-electron chi connectivity index (χ0n) is 12.8. The Hall–Kier alpha value is -2.45. The molecule has 1 fully saturated rings. The van der Waals surface area contributed by atoms with E-state index in [1.165, 1.54) is 0 Å². The zero-order valence-corrected chi connectivity index (χ0v) is 13.6. The van der Waals surface area contributed by atoms with Crippen LogP contribution in [0.4, 0.5) is 0 Å². The number of fused-ring (bicyclic) bond motifs is 2. The van der Waals surface area contributed by atoms with E-state index in [1.807, 2.05) is 0 Å². The van der Waals surface area contributed by atoms with Crippen molar-refractivity contribution in [2.24, 2.45) is 0 Å². The summed E-state index contributed by atoms with van der Waals surface area (Å²) in [5.41, 5.74) is 1.59. The molecule has 1 aromatic carbocycles. The Morgan fingerprint density at radius 3 is 2.79 bits per heavy atom. The Morgan fingerprint density at radius 1 is 1.21 bits per heavy atom. The van der Waals surface area contributed by atoms with Crippen LogP contribution < -0.4 is 10.3 Å². The van der Waals surface area contributed by atoms with Crippen LogP contribution in [0.15, 0.2) is 23.0 Å². The normalized spacial score (nSPS) is 16.1. The molecule has 0 aliphatic carbocycles. The topological polar surface area (TPSA) is 87.4 Å². The van der Waals surface area contributed by atoms with Crippen LogP contribution in [-0.4, -0.2) is 47.1 Å². The van der Waals surface area contributed by atoms with Gasteiger partial charge < -0.3 is 19.4 Å². The predicted molar refractivity (Wildman–Crippen MR) is 88.3 cm³/mol. The zero-order chi connectivity index (χ0) is 16.7. The lowest BCUT2D eigenvalue weighted by Gasteiger charge is -2.27. The van der Waals surface area contributed by atoms with Gasteiger partial charge in [-0.15, -0.1) is 0 Å². The average Bonchev–Trinajstić information content (AvgIpc) is 2.60. The van der Waals surface area contributed by atoms with E-state index in [4.69, 9.17) is 21.7 Å². The second-order valence-electron chi connectivity index (χ2n) is 5.72. The fourth-order valence-corrected chi connectivity index (χ4v) is 3.12. The third kappa shape index (κ3) is 2.63. The summed E-state index contributed by atoms with van der Waals surface area (Å²) in [4.78, 5) is 31.8. The summed E-state index contributed by atoms with van der Waals surface area (Å²) in [5, 5.41) is 0. The molecule has 2 aliphatic rings. The van der Waals surface area contributed by atoms with Crippen LogP contribution in [0.2, 0.25) is 0 Å². The van der Waals surface area contributed by atoms with Gasteiger partial charge in [-0.25, -0.2) is 0 Å². The molecule has 1 amide bonds. The average molecular weight is 345 g/mol. The Balaban J connectivity index is 1.66. The highest BCUT2D eigenvalue weighted by Crippen LogP contribution is 2.33. The summed E-state index contributed by atoms with van der Waals surface area (Å²) in [6, 6.07) is 5.28. The minimum Gasteiger partial charge on any atom is -0.440 e. The number of nitrogens with zero attached hydrogens (tertiary/aromatic N) is 1. The molecule has 2 aromatic rings. The molecule has 3 heterocycles. The van der Waals surface area contributed by atoms with Crippen molar-refractivity contribution >= 4 is 18.1 Å². The molecule has 0 saturated carbocycles. The number of morpholine rings is 1. The lowest BCUT2D eigenvalue weighted by molar-refractivity contribution is 0.0303. The lowest BCUT2D eigenvalue weighted by Crippen LogP contribution is -2.40. The molecule has 0 unspecified atom stereocenters. The van der Waals surface area contributed by atoms with Gasteiger partial charge in [0, 0.05) is 30.6 Å². The first kappa shape index (κ1) is 15.1. The minimum absolute atomic E-state index is 0.0340. The first-order valence-electron chi connectivity index (χ1n) is 7.65. The van der Waals surface area contributed by atoms with E-state index in [9.17, 15) is 9.59 Å². The maximum atomic E-state index is 12.6. The molecule has 0 spiro atoms. The number of carbonyl (C=O) groups is 1. The second-order valence-corrected chi connectivity index (χ2v) is 6.13. The van der Waals surface area contributed by atoms with Crippen LogP contribution in [-0.2, 0) is 11.2 Å². The molecule has 2 N–H and O–H groups in total. The highest BCUT2D eigenvalue weighted by Gasteiger charge is 2.24. The maximum absolute atomic E-state index is 12.6. The van der Waals surface area contributed by atoms with E-state index in [0.717, 1.165) is 5.56 Å². The van der Waals surface area contributed by atoms with Crippen molar-refractivity contribution in [3.63, 3.8) is 0 Å². The summed E-state index contributed by atoms with van der Waals surface area (Å²) in [5.74, 6) is 0.953. The number of aromatic nitrogens is 2. The summed E-state index contributed by atoms with van der Waals surface area (Å²) in [6.45, 7) is 2.29. The predicted octanol–water partition coefficient (Wildman–Crippen LogP) is 1.60. The molecular formula is C16H15N3O4S. The van der Waals surface area contributed by atoms with Gasteiger partial charge in [0.15, 0.2) is 4.77 Å². The fourth-order valence-electron chi connectivity index (χ4n) is 2.94. The SMILES string of the molecule is O=C(c1ccc2c(c1)Cc1c([nH]c(=S)[nH]c1=O)O2)N1CCOCC1. The Bertz CT molecular complexity index is 928. The largest absolute Gasteiger partial charge is 0.440 e. The first-order chi connectivity index (χ1) is 11.6. The van der Waals surface area contributed by atoms with E-state index >= 15 is 0 Å². The van der Waals surface area contributed by atoms with E-state index < -0.39 is 0 Å². The van der Waals surface area contributed by atoms with E-state index in [1.54, 1.807) is 23.1 Å². The molecule has 1 saturated heterocycles. The summed E-state index contributed by atoms with van der Waals surface area (Å²) >= 11 is 4.96. The molecule has 124 valence electrons. The van der Waals surface area contributed by atoms with Crippen molar-refractivity contribution in [2.45, 2.75) is 6.42 Å². The van der Waals surface area contributed by atoms with Crippen LogP contribution in [0.3, 0.4) is 0 Å². The van der Waals surface area contributed by atoms with Crippen LogP contribution in [0.25, 0.3) is 0 Å². The number of amides is 1. The third-order valence-electron chi connectivity index (χ3n) is 4.19. The third-order valence-corrected chi connectivity index (χ3v) is 4.39. The Kier molecular flexibility index (Phi) is 3.70. The molecule has 0 radical (unpaired) electrons. The first-order valence-corrected chi connectivity index (χ1v) is 8.06. The number of carbonyl (C=O) groups excluding carboxylic acids is 1. The quantitative estimate of drug-likeness (QED) is 0.654. The molecule has 2 aliphatic heterocycles. The Morgan fingerprint density at radius 2 is 2.00 bits per heavy atom. The van der Waals surface area contributed by atoms with Crippen LogP contribution in [0.5, 0.6) is 11.6 Å². The maximum Gasteiger partial charge on any atom is 0.259 e. The summed E-state index contributed by atoms with van der Waals surface area (Å²) in [6.07, 6.45) is 0.385. The van der Waals surface area contributed by atoms with Gasteiger partial charge in [-0.2, -0.15) is 0 Å². The Labute approximate surface area is 142 Å². The molecule has 8 heteroatoms. The molecule has 4 rings (SSSR count). The second kappa shape index (κ2) is 5.88. The monoisotopic (exact) mass is 345 g/mol. The van der Waals surface area contributed by atoms with E-state index in [2.05, 4.69) is 9.97 Å². The lowest BCUT2D eigenvalue weighted by atomic mass is 10.0. The van der Waals surface area contributed by atoms with Crippen LogP contribution >= 0.6 is 12.2 Å². The van der Waals surface area contributed by atoms with Gasteiger partial charge in [-0.1, -0.05) is 0 Å². The molecule has 0 atom stereocenters.